The number of halogens is 1. The van der Waals surface area contributed by atoms with E-state index in [0.29, 0.717) is 12.5 Å². The second-order valence-electron chi connectivity index (χ2n) is 6.09. The van der Waals surface area contributed by atoms with Gasteiger partial charge in [-0.2, -0.15) is 0 Å². The van der Waals surface area contributed by atoms with Gasteiger partial charge in [0.2, 0.25) is 5.91 Å². The maximum Gasteiger partial charge on any atom is 0.223 e. The lowest BCUT2D eigenvalue weighted by molar-refractivity contribution is -0.127. The van der Waals surface area contributed by atoms with Crippen LogP contribution >= 0.6 is 12.4 Å². The van der Waals surface area contributed by atoms with Gasteiger partial charge in [0.1, 0.15) is 5.75 Å². The van der Waals surface area contributed by atoms with E-state index in [1.807, 2.05) is 6.92 Å². The van der Waals surface area contributed by atoms with E-state index >= 15 is 0 Å². The van der Waals surface area contributed by atoms with Crippen LogP contribution in [0.15, 0.2) is 18.2 Å². The van der Waals surface area contributed by atoms with Crippen LogP contribution in [0.3, 0.4) is 0 Å². The number of carbonyl (C=O) groups excluding carboxylic acids is 1. The van der Waals surface area contributed by atoms with E-state index < -0.39 is 0 Å². The molecule has 0 saturated carbocycles. The van der Waals surface area contributed by atoms with Crippen LogP contribution in [0, 0.1) is 11.8 Å². The zero-order valence-corrected chi connectivity index (χ0v) is 14.0. The molecule has 5 heteroatoms. The molecule has 0 aromatic heterocycles. The van der Waals surface area contributed by atoms with Gasteiger partial charge in [0, 0.05) is 17.9 Å². The number of hydrogen-bond acceptors (Lipinski definition) is 3. The first-order valence-corrected chi connectivity index (χ1v) is 7.96. The lowest BCUT2D eigenvalue weighted by Crippen LogP contribution is -2.50. The first-order chi connectivity index (χ1) is 10.2. The molecule has 1 aromatic carbocycles. The molecule has 2 N–H and O–H groups in total. The van der Waals surface area contributed by atoms with E-state index in [4.69, 9.17) is 4.74 Å². The van der Waals surface area contributed by atoms with Crippen LogP contribution in [0.2, 0.25) is 0 Å². The highest BCUT2D eigenvalue weighted by molar-refractivity contribution is 5.85. The minimum Gasteiger partial charge on any atom is -0.493 e. The smallest absolute Gasteiger partial charge is 0.223 e. The minimum atomic E-state index is 0. The first kappa shape index (κ1) is 17.1. The highest BCUT2D eigenvalue weighted by Gasteiger charge is 2.31. The van der Waals surface area contributed by atoms with Crippen LogP contribution in [-0.2, 0) is 11.2 Å². The van der Waals surface area contributed by atoms with Crippen molar-refractivity contribution < 1.29 is 9.53 Å². The Balaban J connectivity index is 0.00000176. The zero-order chi connectivity index (χ0) is 14.8. The Morgan fingerprint density at radius 2 is 2.23 bits per heavy atom. The fourth-order valence-electron chi connectivity index (χ4n) is 3.10. The molecular weight excluding hydrogens is 300 g/mol. The molecule has 0 bridgehead atoms. The third-order valence-corrected chi connectivity index (χ3v) is 4.79. The first-order valence-electron chi connectivity index (χ1n) is 7.96. The summed E-state index contributed by atoms with van der Waals surface area (Å²) in [6.07, 6.45) is 1.80. The molecule has 4 nitrogen and oxygen atoms in total. The van der Waals surface area contributed by atoms with Gasteiger partial charge in [0.05, 0.1) is 12.6 Å². The molecule has 0 spiro atoms. The molecule has 2 aliphatic rings. The normalized spacial score (nSPS) is 21.6. The number of amides is 1. The molecule has 1 aromatic rings. The summed E-state index contributed by atoms with van der Waals surface area (Å²) in [5.41, 5.74) is 2.36. The van der Waals surface area contributed by atoms with Gasteiger partial charge >= 0.3 is 0 Å². The summed E-state index contributed by atoms with van der Waals surface area (Å²) in [6, 6.07) is 6.33. The van der Waals surface area contributed by atoms with E-state index in [1.54, 1.807) is 0 Å². The lowest BCUT2D eigenvalue weighted by atomic mass is 9.87. The fourth-order valence-corrected chi connectivity index (χ4v) is 3.10. The van der Waals surface area contributed by atoms with E-state index in [9.17, 15) is 4.79 Å². The third kappa shape index (κ3) is 3.23. The quantitative estimate of drug-likeness (QED) is 0.894. The Morgan fingerprint density at radius 1 is 1.45 bits per heavy atom. The Hall–Kier alpha value is -1.26. The van der Waals surface area contributed by atoms with E-state index in [2.05, 4.69) is 35.8 Å². The van der Waals surface area contributed by atoms with Crippen molar-refractivity contribution in [2.75, 3.05) is 19.7 Å². The van der Waals surface area contributed by atoms with Gasteiger partial charge in [-0.1, -0.05) is 32.0 Å². The molecule has 1 amide bonds. The predicted molar refractivity (Wildman–Crippen MR) is 89.6 cm³/mol. The van der Waals surface area contributed by atoms with Crippen molar-refractivity contribution in [3.63, 3.8) is 0 Å². The van der Waals surface area contributed by atoms with Crippen LogP contribution < -0.4 is 15.4 Å². The molecule has 122 valence electrons. The summed E-state index contributed by atoms with van der Waals surface area (Å²) in [7, 11) is 0. The number of para-hydroxylation sites is 1. The average molecular weight is 325 g/mol. The monoisotopic (exact) mass is 324 g/mol. The second kappa shape index (κ2) is 7.34. The van der Waals surface area contributed by atoms with E-state index in [1.165, 1.54) is 5.56 Å². The summed E-state index contributed by atoms with van der Waals surface area (Å²) in [5.74, 6) is 1.70. The molecule has 2 atom stereocenters. The molecule has 2 heterocycles. The molecule has 1 saturated heterocycles. The maximum absolute atomic E-state index is 12.4. The highest BCUT2D eigenvalue weighted by atomic mass is 35.5. The summed E-state index contributed by atoms with van der Waals surface area (Å²) in [6.45, 7) is 6.75. The van der Waals surface area contributed by atoms with Crippen LogP contribution in [0.1, 0.15) is 37.4 Å². The van der Waals surface area contributed by atoms with Crippen molar-refractivity contribution in [3.8, 4) is 5.75 Å². The fraction of sp³-hybridized carbons (Fsp3) is 0.588. The molecule has 22 heavy (non-hydrogen) atoms. The molecular formula is C17H25ClN2O2. The van der Waals surface area contributed by atoms with Crippen LogP contribution in [0.4, 0.5) is 0 Å². The number of benzene rings is 1. The van der Waals surface area contributed by atoms with Crippen molar-refractivity contribution in [3.05, 3.63) is 29.3 Å². The van der Waals surface area contributed by atoms with Crippen LogP contribution in [0.25, 0.3) is 0 Å². The summed E-state index contributed by atoms with van der Waals surface area (Å²) >= 11 is 0. The van der Waals surface area contributed by atoms with Gasteiger partial charge in [-0.3, -0.25) is 4.79 Å². The second-order valence-corrected chi connectivity index (χ2v) is 6.09. The van der Waals surface area contributed by atoms with Gasteiger partial charge in [-0.15, -0.1) is 12.4 Å². The Kier molecular flexibility index (Phi) is 5.70. The summed E-state index contributed by atoms with van der Waals surface area (Å²) < 4.78 is 5.84. The average Bonchev–Trinajstić information content (AvgIpc) is 2.45. The van der Waals surface area contributed by atoms with Crippen molar-refractivity contribution in [1.29, 1.82) is 0 Å². The molecule has 2 aliphatic heterocycles. The Morgan fingerprint density at radius 3 is 2.86 bits per heavy atom. The Bertz CT molecular complexity index is 531. The van der Waals surface area contributed by atoms with Gasteiger partial charge in [-0.05, 0) is 31.0 Å². The highest BCUT2D eigenvalue weighted by Crippen LogP contribution is 2.35. The number of aryl methyl sites for hydroxylation is 1. The van der Waals surface area contributed by atoms with Crippen LogP contribution in [-0.4, -0.2) is 25.6 Å². The van der Waals surface area contributed by atoms with Crippen molar-refractivity contribution in [2.45, 2.75) is 32.7 Å². The van der Waals surface area contributed by atoms with E-state index in [0.717, 1.165) is 37.2 Å². The van der Waals surface area contributed by atoms with Gasteiger partial charge in [0.15, 0.2) is 0 Å². The summed E-state index contributed by atoms with van der Waals surface area (Å²) in [4.78, 5) is 12.4. The van der Waals surface area contributed by atoms with Crippen molar-refractivity contribution in [2.24, 2.45) is 11.8 Å². The molecule has 1 fully saturated rings. The summed E-state index contributed by atoms with van der Waals surface area (Å²) in [5, 5.41) is 6.46. The zero-order valence-electron chi connectivity index (χ0n) is 13.2. The Labute approximate surface area is 138 Å². The standard InChI is InChI=1S/C17H24N2O2.ClH/c1-3-12-5-4-6-14-15(7-8-21-16(12)14)19-17(20)11(2)13-9-18-10-13;/h4-6,11,13,15,18H,3,7-10H2,1-2H3,(H,19,20);1H. The SMILES string of the molecule is CCc1cccc2c1OCCC2NC(=O)C(C)C1CNC1.Cl. The van der Waals surface area contributed by atoms with Gasteiger partial charge in [0.25, 0.3) is 0 Å². The van der Waals surface area contributed by atoms with Gasteiger partial charge < -0.3 is 15.4 Å². The van der Waals surface area contributed by atoms with Crippen molar-refractivity contribution in [1.82, 2.24) is 10.6 Å². The topological polar surface area (TPSA) is 50.4 Å². The molecule has 2 unspecified atom stereocenters. The number of rotatable bonds is 4. The van der Waals surface area contributed by atoms with Crippen LogP contribution in [0.5, 0.6) is 5.75 Å². The molecule has 3 rings (SSSR count). The number of ether oxygens (including phenoxy) is 1. The third-order valence-electron chi connectivity index (χ3n) is 4.79. The number of fused-ring (bicyclic) bond motifs is 1. The van der Waals surface area contributed by atoms with Crippen molar-refractivity contribution >= 4 is 18.3 Å². The lowest BCUT2D eigenvalue weighted by Gasteiger charge is -2.34. The van der Waals surface area contributed by atoms with Gasteiger partial charge in [-0.25, -0.2) is 0 Å². The minimum absolute atomic E-state index is 0. The maximum atomic E-state index is 12.4. The number of hydrogen-bond donors (Lipinski definition) is 2. The number of carbonyl (C=O) groups is 1. The number of nitrogens with one attached hydrogen (secondary N) is 2. The molecule has 0 aliphatic carbocycles. The predicted octanol–water partition coefficient (Wildman–Crippen LogP) is 2.47. The largest absolute Gasteiger partial charge is 0.493 e. The van der Waals surface area contributed by atoms with E-state index in [-0.39, 0.29) is 30.3 Å². The molecule has 0 radical (unpaired) electrons.